The number of methoxy groups -OCH3 is 2. The number of ether oxygens (including phenoxy) is 2. The first-order chi connectivity index (χ1) is 14.9. The monoisotopic (exact) mass is 455 g/mol. The molecule has 2 aromatic rings. The van der Waals surface area contributed by atoms with Crippen LogP contribution in [0.2, 0.25) is 0 Å². The predicted molar refractivity (Wildman–Crippen MR) is 125 cm³/mol. The van der Waals surface area contributed by atoms with Crippen LogP contribution in [0.1, 0.15) is 13.8 Å². The molecule has 0 unspecified atom stereocenters. The van der Waals surface area contributed by atoms with Gasteiger partial charge in [-0.05, 0) is 55.1 Å². The van der Waals surface area contributed by atoms with Crippen LogP contribution >= 0.6 is 23.5 Å². The van der Waals surface area contributed by atoms with Crippen LogP contribution < -0.4 is 14.6 Å². The molecule has 0 aromatic heterocycles. The fourth-order valence-electron chi connectivity index (χ4n) is 3.42. The molecule has 0 saturated carbocycles. The third-order valence-electron chi connectivity index (χ3n) is 4.87. The first-order valence-electron chi connectivity index (χ1n) is 9.47. The topological polar surface area (TPSA) is 71.4 Å². The number of nitrogens with zero attached hydrogens (tertiary/aromatic N) is 3. The van der Waals surface area contributed by atoms with Crippen molar-refractivity contribution >= 4 is 51.7 Å². The van der Waals surface area contributed by atoms with Crippen LogP contribution in [0.5, 0.6) is 5.75 Å². The van der Waals surface area contributed by atoms with Gasteiger partial charge in [-0.3, -0.25) is 4.79 Å². The Bertz CT molecular complexity index is 1090. The molecular formula is C22H21N3O4S2. The Kier molecular flexibility index (Phi) is 5.72. The lowest BCUT2D eigenvalue weighted by Crippen LogP contribution is -2.49. The van der Waals surface area contributed by atoms with Crippen LogP contribution in [-0.2, 0) is 14.3 Å². The van der Waals surface area contributed by atoms with Crippen LogP contribution in [-0.4, -0.2) is 35.3 Å². The van der Waals surface area contributed by atoms with E-state index < -0.39 is 10.3 Å². The molecule has 1 spiro atoms. The van der Waals surface area contributed by atoms with Crippen molar-refractivity contribution in [3.63, 3.8) is 0 Å². The number of hydrazone groups is 1. The Morgan fingerprint density at radius 3 is 2.23 bits per heavy atom. The highest BCUT2D eigenvalue weighted by molar-refractivity contribution is 8.29. The lowest BCUT2D eigenvalue weighted by molar-refractivity contribution is -0.135. The average molecular weight is 456 g/mol. The van der Waals surface area contributed by atoms with E-state index in [-0.39, 0.29) is 5.78 Å². The van der Waals surface area contributed by atoms with Gasteiger partial charge in [-0.25, -0.2) is 9.80 Å². The largest absolute Gasteiger partial charge is 0.497 e. The minimum Gasteiger partial charge on any atom is -0.497 e. The molecule has 0 fully saturated rings. The summed E-state index contributed by atoms with van der Waals surface area (Å²) in [6.07, 6.45) is 0. The minimum atomic E-state index is -0.940. The van der Waals surface area contributed by atoms with Crippen LogP contribution in [0.15, 0.2) is 70.3 Å². The summed E-state index contributed by atoms with van der Waals surface area (Å²) in [5.74, 6) is 0.147. The molecular weight excluding hydrogens is 434 g/mol. The van der Waals surface area contributed by atoms with Crippen molar-refractivity contribution in [3.05, 3.63) is 65.2 Å². The fraction of sp³-hybridized carbons (Fsp3) is 0.227. The zero-order chi connectivity index (χ0) is 22.2. The van der Waals surface area contributed by atoms with E-state index >= 15 is 0 Å². The highest BCUT2D eigenvalue weighted by atomic mass is 32.2. The van der Waals surface area contributed by atoms with Gasteiger partial charge in [0.2, 0.25) is 4.33 Å². The number of hydrogen-bond acceptors (Lipinski definition) is 9. The average Bonchev–Trinajstić information content (AvgIpc) is 3.31. The maximum absolute atomic E-state index is 12.6. The van der Waals surface area contributed by atoms with Gasteiger partial charge in [0, 0.05) is 18.3 Å². The molecule has 160 valence electrons. The van der Waals surface area contributed by atoms with Gasteiger partial charge >= 0.3 is 5.97 Å². The quantitative estimate of drug-likeness (QED) is 0.614. The SMILES string of the molecule is COC(=O)C1=C(C)N(c2ccccc2)[C@]2(SC(C(C)=O)=NN2c2ccc(OC)cc2)S1. The molecule has 0 bridgehead atoms. The van der Waals surface area contributed by atoms with Crippen LogP contribution in [0, 0.1) is 0 Å². The molecule has 2 aromatic carbocycles. The number of anilines is 2. The summed E-state index contributed by atoms with van der Waals surface area (Å²) in [5, 5.41) is 6.81. The number of thioether (sulfide) groups is 2. The fourth-order valence-corrected chi connectivity index (χ4v) is 6.39. The molecule has 0 aliphatic carbocycles. The minimum absolute atomic E-state index is 0.141. The summed E-state index contributed by atoms with van der Waals surface area (Å²) >= 11 is 2.63. The van der Waals surface area contributed by atoms with Crippen molar-refractivity contribution < 1.29 is 19.1 Å². The number of para-hydroxylation sites is 1. The van der Waals surface area contributed by atoms with Crippen LogP contribution in [0.3, 0.4) is 0 Å². The van der Waals surface area contributed by atoms with Crippen molar-refractivity contribution in [2.24, 2.45) is 5.10 Å². The Hall–Kier alpha value is -2.91. The van der Waals surface area contributed by atoms with Gasteiger partial charge < -0.3 is 14.4 Å². The number of carbonyl (C=O) groups excluding carboxylic acids is 2. The smallest absolute Gasteiger partial charge is 0.346 e. The molecule has 9 heteroatoms. The number of ketones is 1. The van der Waals surface area contributed by atoms with Crippen LogP contribution in [0.25, 0.3) is 0 Å². The van der Waals surface area contributed by atoms with E-state index in [1.54, 1.807) is 12.1 Å². The molecule has 1 atom stereocenters. The van der Waals surface area contributed by atoms with Gasteiger partial charge in [0.05, 0.1) is 19.9 Å². The number of allylic oxidation sites excluding steroid dienone is 1. The third kappa shape index (κ3) is 3.57. The molecule has 0 N–H and O–H groups in total. The van der Waals surface area contributed by atoms with E-state index in [1.807, 2.05) is 66.4 Å². The molecule has 2 aliphatic heterocycles. The van der Waals surface area contributed by atoms with E-state index in [2.05, 4.69) is 5.10 Å². The summed E-state index contributed by atoms with van der Waals surface area (Å²) in [7, 11) is 2.97. The first-order valence-corrected chi connectivity index (χ1v) is 11.1. The zero-order valence-electron chi connectivity index (χ0n) is 17.5. The summed E-state index contributed by atoms with van der Waals surface area (Å²) in [5.41, 5.74) is 2.36. The number of benzene rings is 2. The number of rotatable bonds is 5. The molecule has 4 rings (SSSR count). The van der Waals surface area contributed by atoms with E-state index in [4.69, 9.17) is 9.47 Å². The number of hydrogen-bond donors (Lipinski definition) is 0. The highest BCUT2D eigenvalue weighted by Crippen LogP contribution is 2.60. The second kappa shape index (κ2) is 8.32. The second-order valence-corrected chi connectivity index (χ2v) is 9.40. The lowest BCUT2D eigenvalue weighted by atomic mass is 10.2. The Morgan fingerprint density at radius 2 is 1.65 bits per heavy atom. The van der Waals surface area contributed by atoms with E-state index in [1.165, 1.54) is 37.6 Å². The Labute approximate surface area is 189 Å². The molecule has 0 amide bonds. The maximum Gasteiger partial charge on any atom is 0.346 e. The van der Waals surface area contributed by atoms with Crippen molar-refractivity contribution in [1.29, 1.82) is 0 Å². The third-order valence-corrected chi connectivity index (χ3v) is 7.84. The second-order valence-electron chi connectivity index (χ2n) is 6.80. The zero-order valence-corrected chi connectivity index (χ0v) is 19.1. The van der Waals surface area contributed by atoms with Gasteiger partial charge in [-0.1, -0.05) is 30.0 Å². The summed E-state index contributed by atoms with van der Waals surface area (Å²) < 4.78 is 9.38. The number of esters is 1. The van der Waals surface area contributed by atoms with Gasteiger partial charge in [0.25, 0.3) is 0 Å². The number of Topliss-reactive ketones (excluding diaryl/α,β-unsaturated/α-hetero) is 1. The normalized spacial score (nSPS) is 20.3. The Balaban J connectivity index is 1.89. The Morgan fingerprint density at radius 1 is 0.968 bits per heavy atom. The standard InChI is InChI=1S/C22H21N3O4S2/c1-14-19(21(27)29-4)30-22(24(14)16-8-6-5-7-9-16)25(23-20(31-22)15(2)26)17-10-12-18(28-3)13-11-17/h5-13H,1-4H3/t22-/m1/s1. The van der Waals surface area contributed by atoms with Gasteiger partial charge in [0.15, 0.2) is 10.8 Å². The van der Waals surface area contributed by atoms with E-state index in [0.29, 0.717) is 15.7 Å². The van der Waals surface area contributed by atoms with E-state index in [0.717, 1.165) is 17.1 Å². The first kappa shape index (κ1) is 21.3. The maximum atomic E-state index is 12.6. The van der Waals surface area contributed by atoms with Gasteiger partial charge in [-0.2, -0.15) is 5.10 Å². The summed E-state index contributed by atoms with van der Waals surface area (Å²) in [6, 6.07) is 17.1. The molecule has 31 heavy (non-hydrogen) atoms. The molecule has 0 radical (unpaired) electrons. The molecule has 2 heterocycles. The summed E-state index contributed by atoms with van der Waals surface area (Å²) in [4.78, 5) is 27.4. The predicted octanol–water partition coefficient (Wildman–Crippen LogP) is 4.42. The van der Waals surface area contributed by atoms with Crippen LogP contribution in [0.4, 0.5) is 11.4 Å². The molecule has 0 saturated heterocycles. The molecule has 2 aliphatic rings. The number of carbonyl (C=O) groups is 2. The van der Waals surface area contributed by atoms with Crippen molar-refractivity contribution in [2.45, 2.75) is 18.2 Å². The highest BCUT2D eigenvalue weighted by Gasteiger charge is 2.57. The molecule has 7 nitrogen and oxygen atoms in total. The lowest BCUT2D eigenvalue weighted by Gasteiger charge is -2.41. The van der Waals surface area contributed by atoms with Crippen molar-refractivity contribution in [1.82, 2.24) is 0 Å². The van der Waals surface area contributed by atoms with Crippen molar-refractivity contribution in [2.75, 3.05) is 24.1 Å². The summed E-state index contributed by atoms with van der Waals surface area (Å²) in [6.45, 7) is 3.37. The van der Waals surface area contributed by atoms with Gasteiger partial charge in [-0.15, -0.1) is 0 Å². The van der Waals surface area contributed by atoms with Crippen molar-refractivity contribution in [3.8, 4) is 5.75 Å². The van der Waals surface area contributed by atoms with Gasteiger partial charge in [0.1, 0.15) is 10.7 Å². The van der Waals surface area contributed by atoms with E-state index in [9.17, 15) is 9.59 Å².